The maximum Gasteiger partial charge on any atom is 0.308 e. The number of benzene rings is 3. The van der Waals surface area contributed by atoms with E-state index in [1.807, 2.05) is 41.0 Å². The summed E-state index contributed by atoms with van der Waals surface area (Å²) in [6, 6.07) is 23.5. The number of halogens is 1. The van der Waals surface area contributed by atoms with Gasteiger partial charge in [-0.3, -0.25) is 14.2 Å². The van der Waals surface area contributed by atoms with E-state index in [0.29, 0.717) is 15.1 Å². The van der Waals surface area contributed by atoms with Gasteiger partial charge in [-0.05, 0) is 65.4 Å². The van der Waals surface area contributed by atoms with Crippen LogP contribution in [-0.4, -0.2) is 10.5 Å². The second-order valence-electron chi connectivity index (χ2n) is 8.83. The molecule has 0 unspecified atom stereocenters. The minimum Gasteiger partial charge on any atom is -0.427 e. The van der Waals surface area contributed by atoms with Crippen molar-refractivity contribution in [2.45, 2.75) is 25.8 Å². The van der Waals surface area contributed by atoms with E-state index in [2.05, 4.69) is 46.3 Å². The Bertz CT molecular complexity index is 1710. The lowest BCUT2D eigenvalue weighted by molar-refractivity contribution is -0.131. The van der Waals surface area contributed by atoms with Crippen LogP contribution in [0.25, 0.3) is 11.8 Å². The van der Waals surface area contributed by atoms with Crippen molar-refractivity contribution in [3.63, 3.8) is 0 Å². The molecule has 7 heteroatoms. The molecule has 2 heterocycles. The fraction of sp³-hybridized carbons (Fsp3) is 0.138. The molecule has 0 saturated carbocycles. The molecule has 1 aliphatic carbocycles. The van der Waals surface area contributed by atoms with E-state index in [4.69, 9.17) is 9.73 Å². The SMILES string of the molecule is CC(=O)Oc1ccc(/C=c2\sc3n(c2=O)[C@@H](c2ccc(Br)cc2)C2=C(N=3)c3ccccc3CC2)cc1. The summed E-state index contributed by atoms with van der Waals surface area (Å²) in [6.45, 7) is 1.37. The molecule has 2 aliphatic rings. The number of hydrogen-bond acceptors (Lipinski definition) is 5. The highest BCUT2D eigenvalue weighted by Crippen LogP contribution is 2.41. The summed E-state index contributed by atoms with van der Waals surface area (Å²) in [5.74, 6) is 0.109. The fourth-order valence-electron chi connectivity index (χ4n) is 4.92. The van der Waals surface area contributed by atoms with Crippen molar-refractivity contribution in [2.24, 2.45) is 4.99 Å². The van der Waals surface area contributed by atoms with Crippen molar-refractivity contribution >= 4 is 45.0 Å². The molecule has 4 aromatic rings. The number of aryl methyl sites for hydroxylation is 1. The topological polar surface area (TPSA) is 60.7 Å². The molecule has 0 spiro atoms. The monoisotopic (exact) mass is 556 g/mol. The van der Waals surface area contributed by atoms with Crippen LogP contribution >= 0.6 is 27.3 Å². The van der Waals surface area contributed by atoms with E-state index < -0.39 is 0 Å². The second kappa shape index (κ2) is 9.15. The van der Waals surface area contributed by atoms with Gasteiger partial charge in [-0.25, -0.2) is 4.99 Å². The van der Waals surface area contributed by atoms with Crippen LogP contribution in [0.3, 0.4) is 0 Å². The van der Waals surface area contributed by atoms with E-state index in [1.54, 1.807) is 12.1 Å². The summed E-state index contributed by atoms with van der Waals surface area (Å²) in [5, 5.41) is 0. The highest BCUT2D eigenvalue weighted by atomic mass is 79.9. The number of hydrogen-bond donors (Lipinski definition) is 0. The van der Waals surface area contributed by atoms with Gasteiger partial charge in [0, 0.05) is 17.0 Å². The predicted molar refractivity (Wildman–Crippen MR) is 145 cm³/mol. The molecule has 0 amide bonds. The molecule has 5 nitrogen and oxygen atoms in total. The molecule has 3 aromatic carbocycles. The number of aromatic nitrogens is 1. The first-order valence-electron chi connectivity index (χ1n) is 11.6. The van der Waals surface area contributed by atoms with Crippen LogP contribution in [0.1, 0.15) is 41.6 Å². The molecule has 0 bridgehead atoms. The number of allylic oxidation sites excluding steroid dienone is 1. The quantitative estimate of drug-likeness (QED) is 0.263. The standard InChI is InChI=1S/C29H21BrN2O3S/c1-17(33)35-22-13-6-18(7-14-22)16-25-28(34)32-27(20-8-11-21(30)12-9-20)24-15-10-19-4-2-3-5-23(19)26(24)31-29(32)36-25/h2-9,11-14,16,27H,10,15H2,1H3/b25-16-/t27-/m0/s1. The van der Waals surface area contributed by atoms with E-state index in [1.165, 1.54) is 29.4 Å². The molecule has 0 saturated heterocycles. The first-order chi connectivity index (χ1) is 17.5. The lowest BCUT2D eigenvalue weighted by atomic mass is 9.83. The summed E-state index contributed by atoms with van der Waals surface area (Å²) in [7, 11) is 0. The molecular formula is C29H21BrN2O3S. The van der Waals surface area contributed by atoms with Gasteiger partial charge in [0.15, 0.2) is 4.80 Å². The number of carbonyl (C=O) groups is 1. The molecule has 6 rings (SSSR count). The number of thiazole rings is 1. The number of ether oxygens (including phenoxy) is 1. The van der Waals surface area contributed by atoms with Crippen molar-refractivity contribution in [1.29, 1.82) is 0 Å². The Hall–Kier alpha value is -3.55. The Kier molecular flexibility index (Phi) is 5.82. The Labute approximate surface area is 219 Å². The van der Waals surface area contributed by atoms with Gasteiger partial charge in [0.25, 0.3) is 5.56 Å². The number of fused-ring (bicyclic) bond motifs is 3. The highest BCUT2D eigenvalue weighted by molar-refractivity contribution is 9.10. The third kappa shape index (κ3) is 4.08. The normalized spacial score (nSPS) is 16.6. The first kappa shape index (κ1) is 22.9. The molecule has 36 heavy (non-hydrogen) atoms. The number of rotatable bonds is 3. The molecule has 178 valence electrons. The van der Waals surface area contributed by atoms with Crippen LogP contribution in [-0.2, 0) is 11.2 Å². The molecule has 1 aromatic heterocycles. The summed E-state index contributed by atoms with van der Waals surface area (Å²) in [6.07, 6.45) is 3.66. The maximum absolute atomic E-state index is 13.8. The third-order valence-corrected chi connectivity index (χ3v) is 8.01. The average molecular weight is 557 g/mol. The lowest BCUT2D eigenvalue weighted by Gasteiger charge is -2.30. The third-order valence-electron chi connectivity index (χ3n) is 6.50. The van der Waals surface area contributed by atoms with Gasteiger partial charge < -0.3 is 4.74 Å². The van der Waals surface area contributed by atoms with E-state index in [-0.39, 0.29) is 17.6 Å². The summed E-state index contributed by atoms with van der Waals surface area (Å²) < 4.78 is 8.58. The van der Waals surface area contributed by atoms with Crippen molar-refractivity contribution in [1.82, 2.24) is 4.57 Å². The Morgan fingerprint density at radius 3 is 2.56 bits per heavy atom. The van der Waals surface area contributed by atoms with E-state index in [0.717, 1.165) is 39.7 Å². The van der Waals surface area contributed by atoms with Crippen LogP contribution in [0.4, 0.5) is 0 Å². The summed E-state index contributed by atoms with van der Waals surface area (Å²) >= 11 is 4.94. The van der Waals surface area contributed by atoms with Gasteiger partial charge in [0.05, 0.1) is 16.3 Å². The number of esters is 1. The van der Waals surface area contributed by atoms with Crippen molar-refractivity contribution in [2.75, 3.05) is 0 Å². The summed E-state index contributed by atoms with van der Waals surface area (Å²) in [4.78, 5) is 30.7. The van der Waals surface area contributed by atoms with Crippen LogP contribution in [0, 0.1) is 0 Å². The molecule has 0 N–H and O–H groups in total. The number of nitrogens with zero attached hydrogens (tertiary/aromatic N) is 2. The largest absolute Gasteiger partial charge is 0.427 e. The minimum absolute atomic E-state index is 0.0545. The molecular weight excluding hydrogens is 536 g/mol. The van der Waals surface area contributed by atoms with Crippen molar-refractivity contribution in [3.05, 3.63) is 125 Å². The van der Waals surface area contributed by atoms with Crippen molar-refractivity contribution in [3.8, 4) is 5.75 Å². The maximum atomic E-state index is 13.8. The van der Waals surface area contributed by atoms with Crippen LogP contribution in [0.5, 0.6) is 5.75 Å². The van der Waals surface area contributed by atoms with Crippen LogP contribution < -0.4 is 19.6 Å². The number of carbonyl (C=O) groups excluding carboxylic acids is 1. The fourth-order valence-corrected chi connectivity index (χ4v) is 6.18. The Morgan fingerprint density at radius 1 is 1.06 bits per heavy atom. The first-order valence-corrected chi connectivity index (χ1v) is 13.3. The van der Waals surface area contributed by atoms with Crippen molar-refractivity contribution < 1.29 is 9.53 Å². The van der Waals surface area contributed by atoms with E-state index in [9.17, 15) is 9.59 Å². The summed E-state index contributed by atoms with van der Waals surface area (Å²) in [5.41, 5.74) is 6.48. The minimum atomic E-state index is -0.366. The second-order valence-corrected chi connectivity index (χ2v) is 10.8. The zero-order valence-corrected chi connectivity index (χ0v) is 21.8. The predicted octanol–water partition coefficient (Wildman–Crippen LogP) is 5.01. The van der Waals surface area contributed by atoms with Crippen LogP contribution in [0.15, 0.2) is 92.6 Å². The molecule has 1 atom stereocenters. The Morgan fingerprint density at radius 2 is 1.81 bits per heavy atom. The molecule has 0 fully saturated rings. The average Bonchev–Trinajstić information content (AvgIpc) is 3.18. The molecule has 0 radical (unpaired) electrons. The van der Waals surface area contributed by atoms with Gasteiger partial charge in [-0.1, -0.05) is 75.8 Å². The van der Waals surface area contributed by atoms with E-state index >= 15 is 0 Å². The zero-order valence-electron chi connectivity index (χ0n) is 19.4. The van der Waals surface area contributed by atoms with Gasteiger partial charge in [0.1, 0.15) is 5.75 Å². The molecule has 1 aliphatic heterocycles. The van der Waals surface area contributed by atoms with Gasteiger partial charge in [0.2, 0.25) is 0 Å². The smallest absolute Gasteiger partial charge is 0.308 e. The Balaban J connectivity index is 1.53. The zero-order chi connectivity index (χ0) is 24.8. The van der Waals surface area contributed by atoms with Crippen LogP contribution in [0.2, 0.25) is 0 Å². The van der Waals surface area contributed by atoms with Gasteiger partial charge in [-0.2, -0.15) is 0 Å². The lowest BCUT2D eigenvalue weighted by Crippen LogP contribution is -2.38. The highest BCUT2D eigenvalue weighted by Gasteiger charge is 2.32. The van der Waals surface area contributed by atoms with Gasteiger partial charge in [-0.15, -0.1) is 0 Å². The van der Waals surface area contributed by atoms with Gasteiger partial charge >= 0.3 is 5.97 Å².